The second kappa shape index (κ2) is 7.75. The van der Waals surface area contributed by atoms with Crippen molar-refractivity contribution in [1.82, 2.24) is 10.2 Å². The van der Waals surface area contributed by atoms with E-state index in [9.17, 15) is 4.79 Å². The summed E-state index contributed by atoms with van der Waals surface area (Å²) in [5, 5.41) is 5.81. The summed E-state index contributed by atoms with van der Waals surface area (Å²) in [4.78, 5) is 16.8. The molecule has 0 saturated carbocycles. The summed E-state index contributed by atoms with van der Waals surface area (Å²) in [7, 11) is 3.75. The van der Waals surface area contributed by atoms with Crippen LogP contribution in [0.2, 0.25) is 0 Å². The minimum Gasteiger partial charge on any atom is -0.495 e. The van der Waals surface area contributed by atoms with E-state index in [0.717, 1.165) is 31.9 Å². The van der Waals surface area contributed by atoms with Gasteiger partial charge >= 0.3 is 6.03 Å². The normalized spacial score (nSPS) is 16.0. The zero-order valence-electron chi connectivity index (χ0n) is 15.5. The van der Waals surface area contributed by atoms with Crippen LogP contribution in [0.4, 0.5) is 16.2 Å². The first-order chi connectivity index (χ1) is 11.3. The lowest BCUT2D eigenvalue weighted by molar-refractivity contribution is 0.246. The molecule has 0 bridgehead atoms. The van der Waals surface area contributed by atoms with Gasteiger partial charge in [0.15, 0.2) is 0 Å². The average Bonchev–Trinajstić information content (AvgIpc) is 2.53. The fourth-order valence-electron chi connectivity index (χ4n) is 2.57. The molecule has 2 N–H and O–H groups in total. The van der Waals surface area contributed by atoms with Crippen molar-refractivity contribution < 1.29 is 9.53 Å². The number of methoxy groups -OCH3 is 1. The molecule has 1 saturated heterocycles. The average molecular weight is 334 g/mol. The van der Waals surface area contributed by atoms with Gasteiger partial charge in [0.25, 0.3) is 0 Å². The van der Waals surface area contributed by atoms with E-state index in [4.69, 9.17) is 4.74 Å². The van der Waals surface area contributed by atoms with E-state index in [0.29, 0.717) is 18.0 Å². The molecule has 0 atom stereocenters. The van der Waals surface area contributed by atoms with Crippen molar-refractivity contribution in [2.24, 2.45) is 5.41 Å². The van der Waals surface area contributed by atoms with E-state index in [-0.39, 0.29) is 11.4 Å². The van der Waals surface area contributed by atoms with Gasteiger partial charge in [0, 0.05) is 38.4 Å². The van der Waals surface area contributed by atoms with Crippen molar-refractivity contribution in [2.45, 2.75) is 20.8 Å². The molecule has 2 rings (SSSR count). The summed E-state index contributed by atoms with van der Waals surface area (Å²) < 4.78 is 5.38. The molecule has 1 heterocycles. The number of urea groups is 1. The van der Waals surface area contributed by atoms with Gasteiger partial charge in [-0.2, -0.15) is 0 Å². The maximum absolute atomic E-state index is 12.2. The number of carbonyl (C=O) groups is 1. The number of hydrogen-bond acceptors (Lipinski definition) is 4. The standard InChI is InChI=1S/C18H30N4O2/c1-18(2,3)13-19-17(23)20-15-12-14(6-7-16(15)24-5)22-10-8-21(4)9-11-22/h6-7,12H,8-11,13H2,1-5H3,(H2,19,20,23). The number of rotatable bonds is 4. The number of anilines is 2. The lowest BCUT2D eigenvalue weighted by Gasteiger charge is -2.34. The van der Waals surface area contributed by atoms with Crippen LogP contribution in [-0.4, -0.2) is 57.8 Å². The lowest BCUT2D eigenvalue weighted by Crippen LogP contribution is -2.44. The van der Waals surface area contributed by atoms with Gasteiger partial charge in [0.1, 0.15) is 5.75 Å². The van der Waals surface area contributed by atoms with E-state index in [1.54, 1.807) is 7.11 Å². The van der Waals surface area contributed by atoms with Crippen LogP contribution in [0, 0.1) is 5.41 Å². The number of hydrogen-bond donors (Lipinski definition) is 2. The zero-order valence-corrected chi connectivity index (χ0v) is 15.5. The van der Waals surface area contributed by atoms with Crippen molar-refractivity contribution in [1.29, 1.82) is 0 Å². The molecule has 1 aromatic carbocycles. The number of benzene rings is 1. The first-order valence-corrected chi connectivity index (χ1v) is 8.45. The fraction of sp³-hybridized carbons (Fsp3) is 0.611. The minimum atomic E-state index is -0.209. The molecule has 0 unspecified atom stereocenters. The Morgan fingerprint density at radius 2 is 1.88 bits per heavy atom. The van der Waals surface area contributed by atoms with Crippen LogP contribution in [0.5, 0.6) is 5.75 Å². The van der Waals surface area contributed by atoms with Crippen LogP contribution < -0.4 is 20.3 Å². The van der Waals surface area contributed by atoms with Crippen molar-refractivity contribution >= 4 is 17.4 Å². The lowest BCUT2D eigenvalue weighted by atomic mass is 9.97. The summed E-state index contributed by atoms with van der Waals surface area (Å²) in [5.74, 6) is 0.666. The predicted octanol–water partition coefficient (Wildman–Crippen LogP) is 2.61. The maximum atomic E-state index is 12.2. The Morgan fingerprint density at radius 3 is 2.46 bits per heavy atom. The summed E-state index contributed by atoms with van der Waals surface area (Å²) in [6.07, 6.45) is 0. The number of carbonyl (C=O) groups excluding carboxylic acids is 1. The number of nitrogens with one attached hydrogen (secondary N) is 2. The van der Waals surface area contributed by atoms with E-state index < -0.39 is 0 Å². The number of likely N-dealkylation sites (N-methyl/N-ethyl adjacent to an activating group) is 1. The van der Waals surface area contributed by atoms with E-state index in [2.05, 4.69) is 48.3 Å². The molecule has 1 aliphatic heterocycles. The highest BCUT2D eigenvalue weighted by molar-refractivity contribution is 5.91. The Morgan fingerprint density at radius 1 is 1.21 bits per heavy atom. The molecule has 1 fully saturated rings. The van der Waals surface area contributed by atoms with E-state index >= 15 is 0 Å². The molecular formula is C18H30N4O2. The predicted molar refractivity (Wildman–Crippen MR) is 99.2 cm³/mol. The van der Waals surface area contributed by atoms with Gasteiger partial charge in [-0.05, 0) is 30.7 Å². The van der Waals surface area contributed by atoms with Gasteiger partial charge in [-0.3, -0.25) is 0 Å². The zero-order chi connectivity index (χ0) is 17.7. The van der Waals surface area contributed by atoms with Crippen LogP contribution >= 0.6 is 0 Å². The molecule has 6 heteroatoms. The van der Waals surface area contributed by atoms with Gasteiger partial charge in [-0.25, -0.2) is 4.79 Å². The highest BCUT2D eigenvalue weighted by Crippen LogP contribution is 2.30. The first-order valence-electron chi connectivity index (χ1n) is 8.45. The minimum absolute atomic E-state index is 0.0447. The Hall–Kier alpha value is -1.95. The monoisotopic (exact) mass is 334 g/mol. The smallest absolute Gasteiger partial charge is 0.319 e. The molecule has 1 aliphatic rings. The summed E-state index contributed by atoms with van der Waals surface area (Å²) >= 11 is 0. The molecular weight excluding hydrogens is 304 g/mol. The van der Waals surface area contributed by atoms with E-state index in [1.165, 1.54) is 0 Å². The molecule has 24 heavy (non-hydrogen) atoms. The molecule has 134 valence electrons. The topological polar surface area (TPSA) is 56.8 Å². The summed E-state index contributed by atoms with van der Waals surface area (Å²) in [6, 6.07) is 5.73. The molecule has 0 aliphatic carbocycles. The molecule has 0 radical (unpaired) electrons. The van der Waals surface area contributed by atoms with Gasteiger partial charge < -0.3 is 25.2 Å². The SMILES string of the molecule is COc1ccc(N2CCN(C)CC2)cc1NC(=O)NCC(C)(C)C. The van der Waals surface area contributed by atoms with Crippen molar-refractivity contribution in [3.8, 4) is 5.75 Å². The quantitative estimate of drug-likeness (QED) is 0.889. The summed E-state index contributed by atoms with van der Waals surface area (Å²) in [5.41, 5.74) is 1.85. The van der Waals surface area contributed by atoms with Crippen molar-refractivity contribution in [2.75, 3.05) is 57.1 Å². The molecule has 1 aromatic rings. The third-order valence-corrected chi connectivity index (χ3v) is 4.08. The highest BCUT2D eigenvalue weighted by atomic mass is 16.5. The van der Waals surface area contributed by atoms with E-state index in [1.807, 2.05) is 18.2 Å². The number of amides is 2. The van der Waals surface area contributed by atoms with Crippen molar-refractivity contribution in [3.63, 3.8) is 0 Å². The third kappa shape index (κ3) is 5.30. The molecule has 6 nitrogen and oxygen atoms in total. The van der Waals surface area contributed by atoms with Crippen LogP contribution in [0.25, 0.3) is 0 Å². The first kappa shape index (κ1) is 18.4. The Bertz CT molecular complexity index is 561. The maximum Gasteiger partial charge on any atom is 0.319 e. The fourth-order valence-corrected chi connectivity index (χ4v) is 2.57. The second-order valence-electron chi connectivity index (χ2n) is 7.54. The van der Waals surface area contributed by atoms with Gasteiger partial charge in [-0.15, -0.1) is 0 Å². The summed E-state index contributed by atoms with van der Waals surface area (Å²) in [6.45, 7) is 10.9. The van der Waals surface area contributed by atoms with Gasteiger partial charge in [-0.1, -0.05) is 20.8 Å². The van der Waals surface area contributed by atoms with Crippen LogP contribution in [0.15, 0.2) is 18.2 Å². The Balaban J connectivity index is 2.07. The molecule has 0 aromatic heterocycles. The molecule has 0 spiro atoms. The van der Waals surface area contributed by atoms with Gasteiger partial charge in [0.05, 0.1) is 12.8 Å². The largest absolute Gasteiger partial charge is 0.495 e. The number of piperazine rings is 1. The van der Waals surface area contributed by atoms with Gasteiger partial charge in [0.2, 0.25) is 0 Å². The Kier molecular flexibility index (Phi) is 5.94. The Labute approximate surface area is 145 Å². The molecule has 2 amide bonds. The van der Waals surface area contributed by atoms with Crippen LogP contribution in [0.3, 0.4) is 0 Å². The highest BCUT2D eigenvalue weighted by Gasteiger charge is 2.17. The second-order valence-corrected chi connectivity index (χ2v) is 7.54. The number of nitrogens with zero attached hydrogens (tertiary/aromatic N) is 2. The third-order valence-electron chi connectivity index (χ3n) is 4.08. The number of ether oxygens (including phenoxy) is 1. The van der Waals surface area contributed by atoms with Crippen LogP contribution in [0.1, 0.15) is 20.8 Å². The van der Waals surface area contributed by atoms with Crippen molar-refractivity contribution in [3.05, 3.63) is 18.2 Å². The van der Waals surface area contributed by atoms with Crippen LogP contribution in [-0.2, 0) is 0 Å².